The molecule has 0 bridgehead atoms. The summed E-state index contributed by atoms with van der Waals surface area (Å²) in [5.41, 5.74) is 0.916. The van der Waals surface area contributed by atoms with Crippen LogP contribution in [0.1, 0.15) is 29.3 Å². The van der Waals surface area contributed by atoms with Crippen molar-refractivity contribution in [3.8, 4) is 11.5 Å². The van der Waals surface area contributed by atoms with Gasteiger partial charge in [0.25, 0.3) is 11.6 Å². The van der Waals surface area contributed by atoms with Gasteiger partial charge in [-0.25, -0.2) is 4.79 Å². The Kier molecular flexibility index (Phi) is 4.74. The van der Waals surface area contributed by atoms with Crippen LogP contribution in [-0.2, 0) is 4.74 Å². The van der Waals surface area contributed by atoms with E-state index in [4.69, 9.17) is 9.15 Å². The second kappa shape index (κ2) is 7.51. The summed E-state index contributed by atoms with van der Waals surface area (Å²) in [5.74, 6) is -0.186. The second-order valence-corrected chi connectivity index (χ2v) is 6.36. The van der Waals surface area contributed by atoms with Crippen LogP contribution < -0.4 is 0 Å². The number of fused-ring (bicyclic) bond motifs is 1. The molecule has 0 aliphatic heterocycles. The van der Waals surface area contributed by atoms with Gasteiger partial charge in [0.15, 0.2) is 6.10 Å². The molecule has 0 aliphatic carbocycles. The van der Waals surface area contributed by atoms with Crippen molar-refractivity contribution in [1.82, 2.24) is 10.2 Å². The molecule has 1 heterocycles. The number of non-ortho nitro benzene ring substituents is 1. The van der Waals surface area contributed by atoms with Crippen LogP contribution in [0.25, 0.3) is 22.2 Å². The molecule has 0 amide bonds. The number of nitrogens with zero attached hydrogens (tertiary/aromatic N) is 3. The molecule has 0 N–H and O–H groups in total. The van der Waals surface area contributed by atoms with Crippen molar-refractivity contribution in [2.24, 2.45) is 0 Å². The third-order valence-corrected chi connectivity index (χ3v) is 4.38. The van der Waals surface area contributed by atoms with Gasteiger partial charge < -0.3 is 9.15 Å². The fourth-order valence-electron chi connectivity index (χ4n) is 2.84. The van der Waals surface area contributed by atoms with E-state index in [0.29, 0.717) is 11.1 Å². The van der Waals surface area contributed by atoms with E-state index in [1.807, 2.05) is 30.3 Å². The van der Waals surface area contributed by atoms with E-state index in [0.717, 1.165) is 10.8 Å². The van der Waals surface area contributed by atoms with Crippen LogP contribution in [-0.4, -0.2) is 21.1 Å². The number of ether oxygens (including phenoxy) is 1. The summed E-state index contributed by atoms with van der Waals surface area (Å²) in [7, 11) is 0. The van der Waals surface area contributed by atoms with Crippen LogP contribution >= 0.6 is 0 Å². The number of esters is 1. The Labute approximate surface area is 164 Å². The third kappa shape index (κ3) is 3.81. The fraction of sp³-hybridized carbons (Fsp3) is 0.0952. The van der Waals surface area contributed by atoms with Crippen LogP contribution in [0.2, 0.25) is 0 Å². The number of rotatable bonds is 5. The van der Waals surface area contributed by atoms with Crippen molar-refractivity contribution in [3.63, 3.8) is 0 Å². The summed E-state index contributed by atoms with van der Waals surface area (Å²) in [6.07, 6.45) is -0.756. The van der Waals surface area contributed by atoms with Gasteiger partial charge in [-0.05, 0) is 42.0 Å². The average Bonchev–Trinajstić information content (AvgIpc) is 3.24. The zero-order valence-electron chi connectivity index (χ0n) is 15.3. The second-order valence-electron chi connectivity index (χ2n) is 6.36. The maximum absolute atomic E-state index is 12.5. The quantitative estimate of drug-likeness (QED) is 0.276. The minimum absolute atomic E-state index is 0.0360. The first-order valence-electron chi connectivity index (χ1n) is 8.79. The molecule has 4 aromatic rings. The molecule has 0 radical (unpaired) electrons. The number of nitro benzene ring substituents is 1. The molecule has 0 aliphatic rings. The van der Waals surface area contributed by atoms with E-state index >= 15 is 0 Å². The topological polar surface area (TPSA) is 108 Å². The molecular weight excluding hydrogens is 374 g/mol. The zero-order valence-corrected chi connectivity index (χ0v) is 15.3. The van der Waals surface area contributed by atoms with Gasteiger partial charge in [-0.15, -0.1) is 10.2 Å². The van der Waals surface area contributed by atoms with Crippen molar-refractivity contribution in [2.75, 3.05) is 0 Å². The molecule has 0 saturated heterocycles. The molecule has 144 valence electrons. The normalized spacial score (nSPS) is 11.9. The van der Waals surface area contributed by atoms with Crippen LogP contribution in [0, 0.1) is 10.1 Å². The highest BCUT2D eigenvalue weighted by Crippen LogP contribution is 2.25. The van der Waals surface area contributed by atoms with Crippen molar-refractivity contribution < 1.29 is 18.9 Å². The maximum Gasteiger partial charge on any atom is 0.338 e. The largest absolute Gasteiger partial charge is 0.449 e. The monoisotopic (exact) mass is 389 g/mol. The van der Waals surface area contributed by atoms with Crippen molar-refractivity contribution in [1.29, 1.82) is 0 Å². The Balaban J connectivity index is 1.48. The lowest BCUT2D eigenvalue weighted by atomic mass is 10.1. The lowest BCUT2D eigenvalue weighted by Crippen LogP contribution is -2.09. The standard InChI is InChI=1S/C21H15N3O5/c1-13(28-21(25)17-7-6-14-4-2-3-5-16(14)12-17)19-22-23-20(29-19)15-8-10-18(11-9-15)24(26)27/h2-13H,1H3/t13-/m0/s1. The molecule has 0 saturated carbocycles. The Morgan fingerprint density at radius 1 is 1.03 bits per heavy atom. The first-order chi connectivity index (χ1) is 14.0. The number of aromatic nitrogens is 2. The SMILES string of the molecule is C[C@H](OC(=O)c1ccc2ccccc2c1)c1nnc(-c2ccc([N+](=O)[O-])cc2)o1. The highest BCUT2D eigenvalue weighted by Gasteiger charge is 2.20. The van der Waals surface area contributed by atoms with Gasteiger partial charge in [0.1, 0.15) is 0 Å². The Morgan fingerprint density at radius 3 is 2.48 bits per heavy atom. The molecule has 3 aromatic carbocycles. The van der Waals surface area contributed by atoms with E-state index in [2.05, 4.69) is 10.2 Å². The van der Waals surface area contributed by atoms with Gasteiger partial charge in [0.05, 0.1) is 10.5 Å². The van der Waals surface area contributed by atoms with Gasteiger partial charge in [0, 0.05) is 17.7 Å². The van der Waals surface area contributed by atoms with Gasteiger partial charge >= 0.3 is 5.97 Å². The minimum Gasteiger partial charge on any atom is -0.449 e. The predicted molar refractivity (Wildman–Crippen MR) is 104 cm³/mol. The number of carbonyl (C=O) groups excluding carboxylic acids is 1. The molecule has 8 nitrogen and oxygen atoms in total. The van der Waals surface area contributed by atoms with E-state index in [-0.39, 0.29) is 17.5 Å². The molecule has 29 heavy (non-hydrogen) atoms. The molecule has 8 heteroatoms. The van der Waals surface area contributed by atoms with Gasteiger partial charge in [-0.2, -0.15) is 0 Å². The lowest BCUT2D eigenvalue weighted by Gasteiger charge is -2.10. The third-order valence-electron chi connectivity index (χ3n) is 4.38. The summed E-state index contributed by atoms with van der Waals surface area (Å²) in [6, 6.07) is 18.8. The minimum atomic E-state index is -0.756. The molecule has 0 unspecified atom stereocenters. The van der Waals surface area contributed by atoms with Crippen molar-refractivity contribution >= 4 is 22.4 Å². The number of hydrogen-bond donors (Lipinski definition) is 0. The van der Waals surface area contributed by atoms with E-state index in [9.17, 15) is 14.9 Å². The molecule has 1 atom stereocenters. The summed E-state index contributed by atoms with van der Waals surface area (Å²) in [5, 5.41) is 20.6. The molecule has 1 aromatic heterocycles. The van der Waals surface area contributed by atoms with Crippen LogP contribution in [0.4, 0.5) is 5.69 Å². The predicted octanol–water partition coefficient (Wildman–Crippen LogP) is 4.72. The van der Waals surface area contributed by atoms with E-state index in [1.54, 1.807) is 19.1 Å². The number of hydrogen-bond acceptors (Lipinski definition) is 7. The molecular formula is C21H15N3O5. The first kappa shape index (κ1) is 18.3. The van der Waals surface area contributed by atoms with Crippen LogP contribution in [0.5, 0.6) is 0 Å². The number of carbonyl (C=O) groups is 1. The fourth-order valence-corrected chi connectivity index (χ4v) is 2.84. The summed E-state index contributed by atoms with van der Waals surface area (Å²) in [6.45, 7) is 1.63. The van der Waals surface area contributed by atoms with Gasteiger partial charge in [-0.3, -0.25) is 10.1 Å². The van der Waals surface area contributed by atoms with Gasteiger partial charge in [-0.1, -0.05) is 30.3 Å². The summed E-state index contributed by atoms with van der Waals surface area (Å²) in [4.78, 5) is 22.7. The highest BCUT2D eigenvalue weighted by atomic mass is 16.6. The number of nitro groups is 1. The zero-order chi connectivity index (χ0) is 20.4. The number of benzene rings is 3. The van der Waals surface area contributed by atoms with Crippen molar-refractivity contribution in [3.05, 3.63) is 88.3 Å². The van der Waals surface area contributed by atoms with E-state index < -0.39 is 17.0 Å². The highest BCUT2D eigenvalue weighted by molar-refractivity contribution is 5.95. The first-order valence-corrected chi connectivity index (χ1v) is 8.79. The average molecular weight is 389 g/mol. The Bertz CT molecular complexity index is 1200. The molecule has 0 spiro atoms. The Morgan fingerprint density at radius 2 is 1.76 bits per heavy atom. The summed E-state index contributed by atoms with van der Waals surface area (Å²) < 4.78 is 11.0. The van der Waals surface area contributed by atoms with Crippen LogP contribution in [0.15, 0.2) is 71.1 Å². The van der Waals surface area contributed by atoms with Gasteiger partial charge in [0.2, 0.25) is 5.89 Å². The van der Waals surface area contributed by atoms with Crippen molar-refractivity contribution in [2.45, 2.75) is 13.0 Å². The summed E-state index contributed by atoms with van der Waals surface area (Å²) >= 11 is 0. The molecule has 0 fully saturated rings. The smallest absolute Gasteiger partial charge is 0.338 e. The van der Waals surface area contributed by atoms with E-state index in [1.165, 1.54) is 24.3 Å². The maximum atomic E-state index is 12.5. The Hall–Kier alpha value is -4.07. The van der Waals surface area contributed by atoms with Crippen LogP contribution in [0.3, 0.4) is 0 Å². The molecule has 4 rings (SSSR count). The lowest BCUT2D eigenvalue weighted by molar-refractivity contribution is -0.384.